The molecule has 0 aliphatic carbocycles. The monoisotopic (exact) mass is 130 g/mol. The van der Waals surface area contributed by atoms with Gasteiger partial charge < -0.3 is 0 Å². The van der Waals surface area contributed by atoms with Crippen molar-refractivity contribution < 1.29 is 0 Å². The third-order valence-electron chi connectivity index (χ3n) is 1.84. The summed E-state index contributed by atoms with van der Waals surface area (Å²) in [6, 6.07) is 0. The van der Waals surface area contributed by atoms with Gasteiger partial charge in [-0.05, 0) is 23.8 Å². The largest absolute Gasteiger partial charge is 0.190 e. The van der Waals surface area contributed by atoms with Gasteiger partial charge in [-0.15, -0.1) is 0 Å². The molecule has 1 saturated heterocycles. The summed E-state index contributed by atoms with van der Waals surface area (Å²) < 4.78 is 0. The van der Waals surface area contributed by atoms with Crippen molar-refractivity contribution in [3.8, 4) is 0 Å². The van der Waals surface area contributed by atoms with Crippen LogP contribution in [0.2, 0.25) is 0 Å². The zero-order chi connectivity index (χ0) is 5.98. The lowest BCUT2D eigenvalue weighted by Gasteiger charge is -2.21. The Morgan fingerprint density at radius 3 is 2.62 bits per heavy atom. The van der Waals surface area contributed by atoms with E-state index in [0.717, 1.165) is 5.25 Å². The van der Waals surface area contributed by atoms with Crippen LogP contribution in [-0.4, -0.2) is 16.9 Å². The molecule has 0 radical (unpaired) electrons. The molecule has 1 rings (SSSR count). The molecule has 1 aliphatic rings. The molecular weight excluding hydrogens is 116 g/mol. The molecule has 0 nitrogen and oxygen atoms in total. The van der Waals surface area contributed by atoms with Crippen molar-refractivity contribution in [2.45, 2.75) is 31.4 Å². The second-order valence-electron chi connectivity index (χ2n) is 2.55. The summed E-state index contributed by atoms with van der Waals surface area (Å²) in [5.41, 5.74) is 0. The van der Waals surface area contributed by atoms with Gasteiger partial charge >= 0.3 is 0 Å². The summed E-state index contributed by atoms with van der Waals surface area (Å²) in [7, 11) is 0.515. The Bertz CT molecular complexity index is 96.6. The Morgan fingerprint density at radius 1 is 1.50 bits per heavy atom. The molecule has 2 unspecified atom stereocenters. The van der Waals surface area contributed by atoms with Crippen molar-refractivity contribution >= 4 is 16.4 Å². The van der Waals surface area contributed by atoms with E-state index in [0.29, 0.717) is 10.5 Å². The molecule has 1 aliphatic heterocycles. The van der Waals surface area contributed by atoms with Gasteiger partial charge in [0.25, 0.3) is 0 Å². The molecule has 1 fully saturated rings. The van der Waals surface area contributed by atoms with E-state index in [1.165, 1.54) is 25.0 Å². The minimum Gasteiger partial charge on any atom is -0.190 e. The van der Waals surface area contributed by atoms with Crippen molar-refractivity contribution in [1.29, 1.82) is 0 Å². The van der Waals surface area contributed by atoms with Gasteiger partial charge in [0.05, 0.1) is 0 Å². The molecule has 0 spiro atoms. The van der Waals surface area contributed by atoms with Crippen LogP contribution < -0.4 is 0 Å². The standard InChI is InChI=1S/C7H14S/c1-7-5-3-4-6-8(7)2/h7H,2-6H2,1H3. The molecule has 0 bridgehead atoms. The van der Waals surface area contributed by atoms with Gasteiger partial charge in [-0.1, -0.05) is 19.2 Å². The second-order valence-corrected chi connectivity index (χ2v) is 4.84. The fourth-order valence-electron chi connectivity index (χ4n) is 1.09. The fourth-order valence-corrected chi connectivity index (χ4v) is 2.56. The number of hydrogen-bond acceptors (Lipinski definition) is 0. The van der Waals surface area contributed by atoms with E-state index in [-0.39, 0.29) is 0 Å². The average Bonchev–Trinajstić information content (AvgIpc) is 1.77. The zero-order valence-electron chi connectivity index (χ0n) is 5.52. The lowest BCUT2D eigenvalue weighted by atomic mass is 10.2. The third-order valence-corrected chi connectivity index (χ3v) is 4.02. The normalized spacial score (nSPS) is 39.6. The molecule has 1 heterocycles. The Labute approximate surface area is 54.2 Å². The first-order chi connectivity index (χ1) is 3.80. The SMILES string of the molecule is C=S1CCCCC1C. The van der Waals surface area contributed by atoms with E-state index in [9.17, 15) is 0 Å². The van der Waals surface area contributed by atoms with Crippen LogP contribution in [0.3, 0.4) is 0 Å². The Kier molecular flexibility index (Phi) is 2.12. The minimum atomic E-state index is 0.515. The van der Waals surface area contributed by atoms with Crippen LogP contribution in [0.5, 0.6) is 0 Å². The van der Waals surface area contributed by atoms with E-state index < -0.39 is 0 Å². The van der Waals surface area contributed by atoms with Crippen LogP contribution in [0.1, 0.15) is 26.2 Å². The maximum absolute atomic E-state index is 4.11. The van der Waals surface area contributed by atoms with Gasteiger partial charge in [-0.3, -0.25) is 0 Å². The lowest BCUT2D eigenvalue weighted by Crippen LogP contribution is -2.06. The molecule has 8 heavy (non-hydrogen) atoms. The summed E-state index contributed by atoms with van der Waals surface area (Å²) in [6.45, 7) is 2.33. The second kappa shape index (κ2) is 2.67. The van der Waals surface area contributed by atoms with Crippen molar-refractivity contribution in [2.24, 2.45) is 0 Å². The molecule has 0 saturated carbocycles. The van der Waals surface area contributed by atoms with Crippen molar-refractivity contribution in [2.75, 3.05) is 5.75 Å². The smallest absolute Gasteiger partial charge is 0.00364 e. The summed E-state index contributed by atoms with van der Waals surface area (Å²) in [5, 5.41) is 0.920. The average molecular weight is 130 g/mol. The highest BCUT2D eigenvalue weighted by molar-refractivity contribution is 8.14. The molecule has 0 aromatic heterocycles. The molecular formula is C7H14S. The fraction of sp³-hybridized carbons (Fsp3) is 0.857. The first-order valence-electron chi connectivity index (χ1n) is 3.30. The van der Waals surface area contributed by atoms with Gasteiger partial charge in [-0.25, -0.2) is 0 Å². The maximum Gasteiger partial charge on any atom is -0.00364 e. The minimum absolute atomic E-state index is 0.515. The highest BCUT2D eigenvalue weighted by Gasteiger charge is 2.09. The van der Waals surface area contributed by atoms with Crippen molar-refractivity contribution in [3.05, 3.63) is 0 Å². The van der Waals surface area contributed by atoms with Gasteiger partial charge in [0.15, 0.2) is 0 Å². The van der Waals surface area contributed by atoms with Crippen molar-refractivity contribution in [1.82, 2.24) is 0 Å². The van der Waals surface area contributed by atoms with E-state index >= 15 is 0 Å². The van der Waals surface area contributed by atoms with Gasteiger partial charge in [-0.2, -0.15) is 10.5 Å². The quantitative estimate of drug-likeness (QED) is 0.441. The summed E-state index contributed by atoms with van der Waals surface area (Å²) >= 11 is 0. The van der Waals surface area contributed by atoms with Crippen LogP contribution in [0.15, 0.2) is 0 Å². The van der Waals surface area contributed by atoms with Gasteiger partial charge in [0, 0.05) is 0 Å². The van der Waals surface area contributed by atoms with E-state index in [2.05, 4.69) is 12.8 Å². The Morgan fingerprint density at radius 2 is 2.25 bits per heavy atom. The van der Waals surface area contributed by atoms with E-state index in [4.69, 9.17) is 0 Å². The maximum atomic E-state index is 4.11. The van der Waals surface area contributed by atoms with Crippen LogP contribution >= 0.6 is 10.5 Å². The molecule has 0 aromatic carbocycles. The lowest BCUT2D eigenvalue weighted by molar-refractivity contribution is 0.692. The topological polar surface area (TPSA) is 0 Å². The highest BCUT2D eigenvalue weighted by atomic mass is 32.2. The Hall–Kier alpha value is 0.220. The van der Waals surface area contributed by atoms with E-state index in [1.807, 2.05) is 0 Å². The predicted octanol–water partition coefficient (Wildman–Crippen LogP) is 2.26. The van der Waals surface area contributed by atoms with Crippen LogP contribution in [0.4, 0.5) is 0 Å². The van der Waals surface area contributed by atoms with Gasteiger partial charge in [0.2, 0.25) is 0 Å². The summed E-state index contributed by atoms with van der Waals surface area (Å²) in [5.74, 6) is 5.50. The number of rotatable bonds is 0. The molecule has 0 amide bonds. The van der Waals surface area contributed by atoms with Crippen LogP contribution in [0.25, 0.3) is 0 Å². The molecule has 0 N–H and O–H groups in total. The Balaban J connectivity index is 2.39. The third kappa shape index (κ3) is 1.35. The predicted molar refractivity (Wildman–Crippen MR) is 42.9 cm³/mol. The summed E-state index contributed by atoms with van der Waals surface area (Å²) in [6.07, 6.45) is 4.30. The molecule has 48 valence electrons. The summed E-state index contributed by atoms with van der Waals surface area (Å²) in [4.78, 5) is 0. The van der Waals surface area contributed by atoms with Crippen LogP contribution in [-0.2, 0) is 0 Å². The molecule has 0 aromatic rings. The van der Waals surface area contributed by atoms with Gasteiger partial charge in [0.1, 0.15) is 0 Å². The molecule has 2 atom stereocenters. The zero-order valence-corrected chi connectivity index (χ0v) is 6.34. The number of hydrogen-bond donors (Lipinski definition) is 0. The first-order valence-corrected chi connectivity index (χ1v) is 4.92. The first kappa shape index (κ1) is 6.34. The van der Waals surface area contributed by atoms with Crippen molar-refractivity contribution in [3.63, 3.8) is 0 Å². The van der Waals surface area contributed by atoms with E-state index in [1.54, 1.807) is 0 Å². The highest BCUT2D eigenvalue weighted by Crippen LogP contribution is 2.29. The molecule has 1 heteroatoms. The van der Waals surface area contributed by atoms with Crippen LogP contribution in [0, 0.1) is 0 Å².